The van der Waals surface area contributed by atoms with Crippen LogP contribution in [0.3, 0.4) is 0 Å². The van der Waals surface area contributed by atoms with Gasteiger partial charge in [0.1, 0.15) is 5.84 Å². The van der Waals surface area contributed by atoms with E-state index >= 15 is 0 Å². The first-order valence-corrected chi connectivity index (χ1v) is 6.28. The average molecular weight is 257 g/mol. The molecule has 104 valence electrons. The summed E-state index contributed by atoms with van der Waals surface area (Å²) in [5.74, 6) is 0.509. The third-order valence-electron chi connectivity index (χ3n) is 3.60. The maximum absolute atomic E-state index is 12.3. The Bertz CT molecular complexity index is 320. The number of amides is 1. The number of rotatable bonds is 4. The van der Waals surface area contributed by atoms with Crippen LogP contribution in [0, 0.1) is 11.8 Å². The van der Waals surface area contributed by atoms with Gasteiger partial charge in [-0.25, -0.2) is 0 Å². The molecule has 3 unspecified atom stereocenters. The summed E-state index contributed by atoms with van der Waals surface area (Å²) < 4.78 is 5.34. The number of carbonyl (C=O) groups is 1. The first-order chi connectivity index (χ1) is 8.47. The minimum Gasteiger partial charge on any atom is -0.409 e. The molecule has 18 heavy (non-hydrogen) atoms. The lowest BCUT2D eigenvalue weighted by Gasteiger charge is -2.33. The molecule has 0 saturated carbocycles. The van der Waals surface area contributed by atoms with Gasteiger partial charge < -0.3 is 20.6 Å². The van der Waals surface area contributed by atoms with E-state index in [0.717, 1.165) is 6.42 Å². The van der Waals surface area contributed by atoms with E-state index in [9.17, 15) is 4.79 Å². The topological polar surface area (TPSA) is 88.2 Å². The summed E-state index contributed by atoms with van der Waals surface area (Å²) in [5.41, 5.74) is 5.46. The molecule has 0 aromatic carbocycles. The molecule has 1 rings (SSSR count). The van der Waals surface area contributed by atoms with Crippen LogP contribution >= 0.6 is 0 Å². The van der Waals surface area contributed by atoms with Crippen LogP contribution in [0.2, 0.25) is 0 Å². The molecule has 0 aliphatic carbocycles. The van der Waals surface area contributed by atoms with Crippen LogP contribution in [-0.4, -0.2) is 48.2 Å². The third-order valence-corrected chi connectivity index (χ3v) is 3.60. The zero-order chi connectivity index (χ0) is 13.7. The molecule has 1 amide bonds. The van der Waals surface area contributed by atoms with Crippen LogP contribution in [0.4, 0.5) is 0 Å². The number of hydrogen-bond donors (Lipinski definition) is 2. The van der Waals surface area contributed by atoms with E-state index in [2.05, 4.69) is 5.16 Å². The van der Waals surface area contributed by atoms with E-state index in [-0.39, 0.29) is 29.6 Å². The molecule has 3 N–H and O–H groups in total. The Balaban J connectivity index is 2.59. The Morgan fingerprint density at radius 2 is 2.33 bits per heavy atom. The molecule has 3 atom stereocenters. The van der Waals surface area contributed by atoms with Crippen molar-refractivity contribution in [3.8, 4) is 0 Å². The fraction of sp³-hybridized carbons (Fsp3) is 0.833. The van der Waals surface area contributed by atoms with Crippen molar-refractivity contribution in [3.63, 3.8) is 0 Å². The quantitative estimate of drug-likeness (QED) is 0.335. The number of nitrogens with zero attached hydrogens (tertiary/aromatic N) is 2. The standard InChI is InChI=1S/C12H23N3O3/c1-8-7-18-5-4-10(8)12(16)15(3)9(2)6-11(13)14-17/h8-10,17H,4-7H2,1-3H3,(H2,13,14). The predicted molar refractivity (Wildman–Crippen MR) is 68.3 cm³/mol. The van der Waals surface area contributed by atoms with E-state index in [0.29, 0.717) is 19.6 Å². The van der Waals surface area contributed by atoms with Crippen LogP contribution in [-0.2, 0) is 9.53 Å². The molecule has 0 aromatic rings. The molecule has 0 aromatic heterocycles. The summed E-state index contributed by atoms with van der Waals surface area (Å²) >= 11 is 0. The Morgan fingerprint density at radius 3 is 2.89 bits per heavy atom. The number of amidine groups is 1. The van der Waals surface area contributed by atoms with Gasteiger partial charge in [0.05, 0.1) is 0 Å². The van der Waals surface area contributed by atoms with Crippen molar-refractivity contribution < 1.29 is 14.7 Å². The largest absolute Gasteiger partial charge is 0.409 e. The van der Waals surface area contributed by atoms with E-state index in [4.69, 9.17) is 15.7 Å². The molecule has 1 fully saturated rings. The maximum atomic E-state index is 12.3. The predicted octanol–water partition coefficient (Wildman–Crippen LogP) is 0.642. The Morgan fingerprint density at radius 1 is 1.67 bits per heavy atom. The van der Waals surface area contributed by atoms with Crippen molar-refractivity contribution in [2.75, 3.05) is 20.3 Å². The molecular weight excluding hydrogens is 234 g/mol. The van der Waals surface area contributed by atoms with E-state index in [1.165, 1.54) is 0 Å². The zero-order valence-corrected chi connectivity index (χ0v) is 11.3. The van der Waals surface area contributed by atoms with Crippen molar-refractivity contribution in [2.24, 2.45) is 22.7 Å². The maximum Gasteiger partial charge on any atom is 0.226 e. The lowest BCUT2D eigenvalue weighted by atomic mass is 9.88. The van der Waals surface area contributed by atoms with Gasteiger partial charge >= 0.3 is 0 Å². The molecular formula is C12H23N3O3. The van der Waals surface area contributed by atoms with Crippen molar-refractivity contribution in [3.05, 3.63) is 0 Å². The average Bonchev–Trinajstić information content (AvgIpc) is 2.37. The number of hydrogen-bond acceptors (Lipinski definition) is 4. The second-order valence-corrected chi connectivity index (χ2v) is 5.04. The van der Waals surface area contributed by atoms with Gasteiger partial charge in [-0.2, -0.15) is 0 Å². The van der Waals surface area contributed by atoms with Crippen molar-refractivity contribution in [2.45, 2.75) is 32.7 Å². The van der Waals surface area contributed by atoms with Gasteiger partial charge in [0.15, 0.2) is 0 Å². The normalized spacial score (nSPS) is 26.7. The molecule has 6 nitrogen and oxygen atoms in total. The van der Waals surface area contributed by atoms with Crippen LogP contribution in [0.15, 0.2) is 5.16 Å². The lowest BCUT2D eigenvalue weighted by Crippen LogP contribution is -2.45. The van der Waals surface area contributed by atoms with Gasteiger partial charge in [-0.1, -0.05) is 12.1 Å². The second kappa shape index (κ2) is 6.58. The summed E-state index contributed by atoms with van der Waals surface area (Å²) in [6, 6.07) is -0.0801. The third kappa shape index (κ3) is 3.60. The molecule has 1 heterocycles. The van der Waals surface area contributed by atoms with Gasteiger partial charge in [0.25, 0.3) is 0 Å². The Hall–Kier alpha value is -1.30. The molecule has 0 radical (unpaired) electrons. The number of carbonyl (C=O) groups excluding carboxylic acids is 1. The highest BCUT2D eigenvalue weighted by Crippen LogP contribution is 2.24. The highest BCUT2D eigenvalue weighted by atomic mass is 16.5. The molecule has 6 heteroatoms. The highest BCUT2D eigenvalue weighted by Gasteiger charge is 2.32. The van der Waals surface area contributed by atoms with Crippen molar-refractivity contribution in [1.82, 2.24) is 4.90 Å². The van der Waals surface area contributed by atoms with Gasteiger partial charge in [-0.05, 0) is 19.3 Å². The molecule has 0 bridgehead atoms. The molecule has 0 spiro atoms. The van der Waals surface area contributed by atoms with Gasteiger partial charge in [-0.3, -0.25) is 4.79 Å². The van der Waals surface area contributed by atoms with Crippen molar-refractivity contribution >= 4 is 11.7 Å². The van der Waals surface area contributed by atoms with E-state index in [1.807, 2.05) is 13.8 Å². The Kier molecular flexibility index (Phi) is 5.40. The number of nitrogens with two attached hydrogens (primary N) is 1. The van der Waals surface area contributed by atoms with Gasteiger partial charge in [-0.15, -0.1) is 0 Å². The summed E-state index contributed by atoms with van der Waals surface area (Å²) in [7, 11) is 1.76. The van der Waals surface area contributed by atoms with Crippen LogP contribution < -0.4 is 5.73 Å². The summed E-state index contributed by atoms with van der Waals surface area (Å²) in [6.45, 7) is 5.20. The minimum absolute atomic E-state index is 0.0125. The molecule has 1 saturated heterocycles. The van der Waals surface area contributed by atoms with Crippen LogP contribution in [0.5, 0.6) is 0 Å². The highest BCUT2D eigenvalue weighted by molar-refractivity contribution is 5.82. The summed E-state index contributed by atoms with van der Waals surface area (Å²) in [6.07, 6.45) is 1.14. The zero-order valence-electron chi connectivity index (χ0n) is 11.3. The van der Waals surface area contributed by atoms with E-state index in [1.54, 1.807) is 11.9 Å². The summed E-state index contributed by atoms with van der Waals surface area (Å²) in [4.78, 5) is 14.0. The number of ether oxygens (including phenoxy) is 1. The van der Waals surface area contributed by atoms with Gasteiger partial charge in [0, 0.05) is 38.6 Å². The van der Waals surface area contributed by atoms with Crippen molar-refractivity contribution in [1.29, 1.82) is 0 Å². The fourth-order valence-corrected chi connectivity index (χ4v) is 2.21. The molecule has 1 aliphatic rings. The lowest BCUT2D eigenvalue weighted by molar-refractivity contribution is -0.141. The number of oxime groups is 1. The Labute approximate surface area is 108 Å². The van der Waals surface area contributed by atoms with Gasteiger partial charge in [0.2, 0.25) is 5.91 Å². The fourth-order valence-electron chi connectivity index (χ4n) is 2.21. The monoisotopic (exact) mass is 257 g/mol. The van der Waals surface area contributed by atoms with E-state index < -0.39 is 0 Å². The first-order valence-electron chi connectivity index (χ1n) is 6.28. The minimum atomic E-state index is -0.0801. The summed E-state index contributed by atoms with van der Waals surface area (Å²) in [5, 5.41) is 11.5. The second-order valence-electron chi connectivity index (χ2n) is 5.04. The van der Waals surface area contributed by atoms with Crippen LogP contribution in [0.25, 0.3) is 0 Å². The molecule has 1 aliphatic heterocycles. The first kappa shape index (κ1) is 14.8. The smallest absolute Gasteiger partial charge is 0.226 e. The van der Waals surface area contributed by atoms with Crippen LogP contribution in [0.1, 0.15) is 26.7 Å². The SMILES string of the molecule is CC1COCCC1C(=O)N(C)C(C)CC(N)=NO.